The van der Waals surface area contributed by atoms with Crippen LogP contribution >= 0.6 is 0 Å². The zero-order chi connectivity index (χ0) is 15.5. The predicted octanol–water partition coefficient (Wildman–Crippen LogP) is 3.29. The Morgan fingerprint density at radius 2 is 1.81 bits per heavy atom. The summed E-state index contributed by atoms with van der Waals surface area (Å²) < 4.78 is 14.4. The summed E-state index contributed by atoms with van der Waals surface area (Å²) in [7, 11) is 4.17. The molecule has 1 aliphatic rings. The van der Waals surface area contributed by atoms with Crippen LogP contribution in [0.15, 0.2) is 18.2 Å². The summed E-state index contributed by atoms with van der Waals surface area (Å²) in [5.74, 6) is 5.71. The van der Waals surface area contributed by atoms with Gasteiger partial charge in [-0.2, -0.15) is 0 Å². The second-order valence-corrected chi connectivity index (χ2v) is 6.54. The normalized spacial score (nSPS) is 20.3. The van der Waals surface area contributed by atoms with Gasteiger partial charge in [0.15, 0.2) is 0 Å². The van der Waals surface area contributed by atoms with Gasteiger partial charge in [-0.1, -0.05) is 43.4 Å². The maximum absolute atomic E-state index is 14.4. The Labute approximate surface area is 127 Å². The third-order valence-electron chi connectivity index (χ3n) is 5.03. The number of hydrogen-bond acceptors (Lipinski definition) is 3. The van der Waals surface area contributed by atoms with Crippen molar-refractivity contribution < 1.29 is 4.39 Å². The molecule has 0 spiro atoms. The SMILES string of the molecule is Cc1ccc(F)c(C(NN)C2(N(C)C)CCCCCC2)c1. The predicted molar refractivity (Wildman–Crippen MR) is 85.3 cm³/mol. The van der Waals surface area contributed by atoms with Crippen LogP contribution in [0.2, 0.25) is 0 Å². The van der Waals surface area contributed by atoms with Gasteiger partial charge < -0.3 is 4.90 Å². The summed E-state index contributed by atoms with van der Waals surface area (Å²) in [6, 6.07) is 5.10. The van der Waals surface area contributed by atoms with E-state index in [0.29, 0.717) is 5.56 Å². The van der Waals surface area contributed by atoms with Crippen LogP contribution in [0.3, 0.4) is 0 Å². The fourth-order valence-electron chi connectivity index (χ4n) is 3.75. The molecule has 1 saturated carbocycles. The fourth-order valence-corrected chi connectivity index (χ4v) is 3.75. The van der Waals surface area contributed by atoms with E-state index in [9.17, 15) is 4.39 Å². The van der Waals surface area contributed by atoms with Gasteiger partial charge in [-0.3, -0.25) is 11.3 Å². The molecule has 21 heavy (non-hydrogen) atoms. The second-order valence-electron chi connectivity index (χ2n) is 6.54. The lowest BCUT2D eigenvalue weighted by Crippen LogP contribution is -2.55. The van der Waals surface area contributed by atoms with Crippen molar-refractivity contribution in [2.24, 2.45) is 5.84 Å². The quantitative estimate of drug-likeness (QED) is 0.508. The maximum atomic E-state index is 14.4. The van der Waals surface area contributed by atoms with E-state index in [1.807, 2.05) is 19.1 Å². The van der Waals surface area contributed by atoms with Crippen molar-refractivity contribution in [3.05, 3.63) is 35.1 Å². The summed E-state index contributed by atoms with van der Waals surface area (Å²) in [6.45, 7) is 1.99. The highest BCUT2D eigenvalue weighted by Gasteiger charge is 2.42. The van der Waals surface area contributed by atoms with E-state index in [0.717, 1.165) is 18.4 Å². The van der Waals surface area contributed by atoms with Crippen molar-refractivity contribution in [2.75, 3.05) is 14.1 Å². The molecule has 0 radical (unpaired) electrons. The van der Waals surface area contributed by atoms with Gasteiger partial charge in [0.2, 0.25) is 0 Å². The first kappa shape index (κ1) is 16.4. The minimum Gasteiger partial charge on any atom is -0.302 e. The van der Waals surface area contributed by atoms with Gasteiger partial charge in [0.25, 0.3) is 0 Å². The third-order valence-corrected chi connectivity index (χ3v) is 5.03. The fraction of sp³-hybridized carbons (Fsp3) is 0.647. The lowest BCUT2D eigenvalue weighted by molar-refractivity contribution is 0.0784. The van der Waals surface area contributed by atoms with Crippen molar-refractivity contribution in [2.45, 2.75) is 57.0 Å². The van der Waals surface area contributed by atoms with Crippen LogP contribution in [0.1, 0.15) is 55.7 Å². The molecule has 1 aliphatic carbocycles. The molecule has 4 heteroatoms. The standard InChI is InChI=1S/C17H28FN3/c1-13-8-9-15(18)14(12-13)16(20-19)17(21(2)3)10-6-4-5-7-11-17/h8-9,12,16,20H,4-7,10-11,19H2,1-3H3. The van der Waals surface area contributed by atoms with E-state index in [2.05, 4.69) is 24.4 Å². The highest BCUT2D eigenvalue weighted by Crippen LogP contribution is 2.41. The lowest BCUT2D eigenvalue weighted by atomic mass is 9.78. The van der Waals surface area contributed by atoms with Crippen LogP contribution < -0.4 is 11.3 Å². The molecule has 0 heterocycles. The van der Waals surface area contributed by atoms with Crippen LogP contribution in [0.4, 0.5) is 4.39 Å². The monoisotopic (exact) mass is 293 g/mol. The van der Waals surface area contributed by atoms with Gasteiger partial charge in [-0.15, -0.1) is 0 Å². The average molecular weight is 293 g/mol. The van der Waals surface area contributed by atoms with Crippen molar-refractivity contribution in [1.82, 2.24) is 10.3 Å². The number of halogens is 1. The summed E-state index contributed by atoms with van der Waals surface area (Å²) >= 11 is 0. The molecule has 0 bridgehead atoms. The molecule has 2 rings (SSSR count). The second kappa shape index (κ2) is 6.86. The van der Waals surface area contributed by atoms with E-state index >= 15 is 0 Å². The van der Waals surface area contributed by atoms with Gasteiger partial charge >= 0.3 is 0 Å². The van der Waals surface area contributed by atoms with Gasteiger partial charge in [0, 0.05) is 11.1 Å². The Kier molecular flexibility index (Phi) is 5.36. The summed E-state index contributed by atoms with van der Waals surface area (Å²) in [4.78, 5) is 2.24. The van der Waals surface area contributed by atoms with Gasteiger partial charge in [0.05, 0.1) is 6.04 Å². The highest BCUT2D eigenvalue weighted by molar-refractivity contribution is 5.30. The first-order chi connectivity index (χ1) is 10.0. The number of aryl methyl sites for hydroxylation is 1. The van der Waals surface area contributed by atoms with Crippen LogP contribution in [0.25, 0.3) is 0 Å². The number of likely N-dealkylation sites (N-methyl/N-ethyl adjacent to an activating group) is 1. The summed E-state index contributed by atoms with van der Waals surface area (Å²) in [5.41, 5.74) is 4.55. The number of rotatable bonds is 4. The molecule has 1 atom stereocenters. The molecule has 0 aromatic heterocycles. The number of nitrogens with zero attached hydrogens (tertiary/aromatic N) is 1. The first-order valence-corrected chi connectivity index (χ1v) is 7.91. The Balaban J connectivity index is 2.46. The molecule has 1 fully saturated rings. The number of nitrogens with one attached hydrogen (secondary N) is 1. The zero-order valence-electron chi connectivity index (χ0n) is 13.5. The summed E-state index contributed by atoms with van der Waals surface area (Å²) in [5, 5.41) is 0. The molecule has 0 amide bonds. The molecule has 0 saturated heterocycles. The van der Waals surface area contributed by atoms with E-state index in [4.69, 9.17) is 5.84 Å². The number of hydrazine groups is 1. The Hall–Kier alpha value is -0.970. The van der Waals surface area contributed by atoms with Gasteiger partial charge in [0.1, 0.15) is 5.82 Å². The first-order valence-electron chi connectivity index (χ1n) is 7.91. The molecule has 3 N–H and O–H groups in total. The van der Waals surface area contributed by atoms with Crippen molar-refractivity contribution in [3.63, 3.8) is 0 Å². The number of benzene rings is 1. The van der Waals surface area contributed by atoms with Crippen molar-refractivity contribution in [3.8, 4) is 0 Å². The zero-order valence-corrected chi connectivity index (χ0v) is 13.5. The lowest BCUT2D eigenvalue weighted by Gasteiger charge is -2.46. The van der Waals surface area contributed by atoms with E-state index in [1.165, 1.54) is 25.7 Å². The van der Waals surface area contributed by atoms with Crippen LogP contribution in [0, 0.1) is 12.7 Å². The van der Waals surface area contributed by atoms with Crippen LogP contribution in [-0.4, -0.2) is 24.5 Å². The highest BCUT2D eigenvalue weighted by atomic mass is 19.1. The topological polar surface area (TPSA) is 41.3 Å². The van der Waals surface area contributed by atoms with E-state index < -0.39 is 0 Å². The average Bonchev–Trinajstić information content (AvgIpc) is 2.70. The minimum absolute atomic E-state index is 0.125. The number of nitrogens with two attached hydrogens (primary N) is 1. The molecule has 118 valence electrons. The molecule has 3 nitrogen and oxygen atoms in total. The third kappa shape index (κ3) is 3.28. The molecule has 1 unspecified atom stereocenters. The molecule has 1 aromatic carbocycles. The van der Waals surface area contributed by atoms with Crippen molar-refractivity contribution in [1.29, 1.82) is 0 Å². The number of hydrogen-bond donors (Lipinski definition) is 2. The Morgan fingerprint density at radius 3 is 2.33 bits per heavy atom. The van der Waals surface area contributed by atoms with Crippen LogP contribution in [0.5, 0.6) is 0 Å². The van der Waals surface area contributed by atoms with E-state index in [1.54, 1.807) is 6.07 Å². The Bertz CT molecular complexity index is 465. The van der Waals surface area contributed by atoms with Gasteiger partial charge in [-0.25, -0.2) is 4.39 Å². The van der Waals surface area contributed by atoms with Gasteiger partial charge in [-0.05, 0) is 39.9 Å². The summed E-state index contributed by atoms with van der Waals surface area (Å²) in [6.07, 6.45) is 6.93. The molecular formula is C17H28FN3. The van der Waals surface area contributed by atoms with Crippen molar-refractivity contribution >= 4 is 0 Å². The van der Waals surface area contributed by atoms with E-state index in [-0.39, 0.29) is 17.4 Å². The molecule has 1 aromatic rings. The van der Waals surface area contributed by atoms with Crippen LogP contribution in [-0.2, 0) is 0 Å². The molecular weight excluding hydrogens is 265 g/mol. The minimum atomic E-state index is -0.189. The molecule has 0 aliphatic heterocycles. The Morgan fingerprint density at radius 1 is 1.19 bits per heavy atom. The smallest absolute Gasteiger partial charge is 0.128 e. The largest absolute Gasteiger partial charge is 0.302 e. The maximum Gasteiger partial charge on any atom is 0.128 e.